The molecular formula is C17H22. The monoisotopic (exact) mass is 226 g/mol. The Morgan fingerprint density at radius 1 is 0.765 bits per heavy atom. The van der Waals surface area contributed by atoms with E-state index in [9.17, 15) is 0 Å². The summed E-state index contributed by atoms with van der Waals surface area (Å²) in [5, 5.41) is 0. The van der Waals surface area contributed by atoms with Gasteiger partial charge in [0, 0.05) is 0 Å². The number of aryl methyl sites for hydroxylation is 4. The van der Waals surface area contributed by atoms with Gasteiger partial charge in [-0.3, -0.25) is 0 Å². The zero-order valence-corrected chi connectivity index (χ0v) is 11.3. The average Bonchev–Trinajstić information content (AvgIpc) is 2.34. The lowest BCUT2D eigenvalue weighted by Gasteiger charge is -1.95. The van der Waals surface area contributed by atoms with E-state index in [0.29, 0.717) is 0 Å². The fraction of sp³-hybridized carbons (Fsp3) is 0.294. The van der Waals surface area contributed by atoms with E-state index in [4.69, 9.17) is 0 Å². The fourth-order valence-electron chi connectivity index (χ4n) is 1.59. The first-order chi connectivity index (χ1) is 8.13. The molecule has 0 aliphatic carbocycles. The minimum atomic E-state index is 1.14. The molecule has 0 N–H and O–H groups in total. The maximum atomic E-state index is 2.22. The quantitative estimate of drug-likeness (QED) is 0.651. The van der Waals surface area contributed by atoms with Crippen molar-refractivity contribution in [2.75, 3.05) is 0 Å². The Morgan fingerprint density at radius 3 is 1.71 bits per heavy atom. The number of rotatable bonds is 1. The van der Waals surface area contributed by atoms with Gasteiger partial charge in [-0.25, -0.2) is 0 Å². The Kier molecular flexibility index (Phi) is 5.48. The van der Waals surface area contributed by atoms with Gasteiger partial charge in [-0.1, -0.05) is 61.0 Å². The van der Waals surface area contributed by atoms with Crippen LogP contribution in [-0.4, -0.2) is 0 Å². The van der Waals surface area contributed by atoms with Crippen LogP contribution in [0.4, 0.5) is 0 Å². The van der Waals surface area contributed by atoms with Crippen molar-refractivity contribution in [2.45, 2.75) is 34.1 Å². The first-order valence-electron chi connectivity index (χ1n) is 6.21. The summed E-state index contributed by atoms with van der Waals surface area (Å²) in [6.07, 6.45) is 1.14. The lowest BCUT2D eigenvalue weighted by Crippen LogP contribution is -1.78. The van der Waals surface area contributed by atoms with E-state index in [1.807, 2.05) is 0 Å². The largest absolute Gasteiger partial charge is 0.0620 e. The van der Waals surface area contributed by atoms with E-state index < -0.39 is 0 Å². The highest BCUT2D eigenvalue weighted by Gasteiger charge is 1.86. The van der Waals surface area contributed by atoms with E-state index in [2.05, 4.69) is 76.2 Å². The number of hydrogen-bond acceptors (Lipinski definition) is 0. The molecule has 17 heavy (non-hydrogen) atoms. The molecule has 2 rings (SSSR count). The highest BCUT2D eigenvalue weighted by Crippen LogP contribution is 2.03. The summed E-state index contributed by atoms with van der Waals surface area (Å²) in [5.74, 6) is 0. The van der Waals surface area contributed by atoms with Crippen LogP contribution in [0.3, 0.4) is 0 Å². The van der Waals surface area contributed by atoms with Crippen LogP contribution in [0.15, 0.2) is 48.5 Å². The zero-order chi connectivity index (χ0) is 12.7. The van der Waals surface area contributed by atoms with E-state index >= 15 is 0 Å². The molecule has 0 unspecified atom stereocenters. The molecule has 0 atom stereocenters. The lowest BCUT2D eigenvalue weighted by atomic mass is 10.1. The fourth-order valence-corrected chi connectivity index (χ4v) is 1.59. The third-order valence-corrected chi connectivity index (χ3v) is 2.92. The topological polar surface area (TPSA) is 0 Å². The molecule has 0 radical (unpaired) electrons. The average molecular weight is 226 g/mol. The van der Waals surface area contributed by atoms with Crippen molar-refractivity contribution in [3.63, 3.8) is 0 Å². The normalized spacial score (nSPS) is 9.41. The van der Waals surface area contributed by atoms with E-state index in [1.165, 1.54) is 22.3 Å². The molecule has 2 aromatic rings. The molecule has 0 heteroatoms. The summed E-state index contributed by atoms with van der Waals surface area (Å²) in [6, 6.07) is 17.0. The predicted molar refractivity (Wildman–Crippen MR) is 76.5 cm³/mol. The first kappa shape index (κ1) is 13.5. The van der Waals surface area contributed by atoms with Gasteiger partial charge in [0.05, 0.1) is 0 Å². The Balaban J connectivity index is 0.000000171. The molecule has 0 nitrogen and oxygen atoms in total. The molecule has 0 heterocycles. The van der Waals surface area contributed by atoms with Crippen LogP contribution < -0.4 is 0 Å². The summed E-state index contributed by atoms with van der Waals surface area (Å²) < 4.78 is 0. The van der Waals surface area contributed by atoms with E-state index in [1.54, 1.807) is 0 Å². The van der Waals surface area contributed by atoms with Crippen LogP contribution in [0.25, 0.3) is 0 Å². The van der Waals surface area contributed by atoms with Gasteiger partial charge in [0.1, 0.15) is 0 Å². The van der Waals surface area contributed by atoms with Crippen LogP contribution >= 0.6 is 0 Å². The minimum Gasteiger partial charge on any atom is -0.0620 e. The van der Waals surface area contributed by atoms with Crippen molar-refractivity contribution in [2.24, 2.45) is 0 Å². The van der Waals surface area contributed by atoms with E-state index in [0.717, 1.165) is 6.42 Å². The molecule has 0 bridgehead atoms. The highest BCUT2D eigenvalue weighted by molar-refractivity contribution is 5.23. The second-order valence-corrected chi connectivity index (χ2v) is 4.43. The second kappa shape index (κ2) is 6.90. The van der Waals surface area contributed by atoms with Gasteiger partial charge in [-0.15, -0.1) is 0 Å². The zero-order valence-electron chi connectivity index (χ0n) is 11.3. The molecule has 2 aromatic carbocycles. The molecule has 0 saturated carbocycles. The number of hydrogen-bond donors (Lipinski definition) is 0. The SMILES string of the molecule is CCc1cccc(C)c1.Cc1ccccc1C. The van der Waals surface area contributed by atoms with Crippen molar-refractivity contribution in [3.05, 3.63) is 70.8 Å². The Morgan fingerprint density at radius 2 is 1.35 bits per heavy atom. The standard InChI is InChI=1S/C9H12.C8H10/c1-3-9-6-4-5-8(2)7-9;1-7-5-3-4-6-8(7)2/h4-7H,3H2,1-2H3;3-6H,1-2H3. The maximum Gasteiger partial charge on any atom is -0.0307 e. The van der Waals surface area contributed by atoms with Crippen LogP contribution in [0.1, 0.15) is 29.2 Å². The first-order valence-corrected chi connectivity index (χ1v) is 6.21. The van der Waals surface area contributed by atoms with Crippen molar-refractivity contribution < 1.29 is 0 Å². The van der Waals surface area contributed by atoms with Crippen LogP contribution in [0, 0.1) is 20.8 Å². The second-order valence-electron chi connectivity index (χ2n) is 4.43. The Labute approximate surface area is 105 Å². The number of benzene rings is 2. The van der Waals surface area contributed by atoms with Crippen molar-refractivity contribution in [1.29, 1.82) is 0 Å². The van der Waals surface area contributed by atoms with Gasteiger partial charge in [0.25, 0.3) is 0 Å². The minimum absolute atomic E-state index is 1.14. The molecular weight excluding hydrogens is 204 g/mol. The molecule has 90 valence electrons. The van der Waals surface area contributed by atoms with Gasteiger partial charge in [-0.05, 0) is 43.9 Å². The third-order valence-electron chi connectivity index (χ3n) is 2.92. The van der Waals surface area contributed by atoms with Gasteiger partial charge in [0.15, 0.2) is 0 Å². The predicted octanol–water partition coefficient (Wildman–Crippen LogP) is 4.86. The van der Waals surface area contributed by atoms with Gasteiger partial charge in [-0.2, -0.15) is 0 Å². The molecule has 0 aliphatic rings. The molecule has 0 fully saturated rings. The summed E-state index contributed by atoms with van der Waals surface area (Å²) in [7, 11) is 0. The van der Waals surface area contributed by atoms with Crippen LogP contribution in [0.2, 0.25) is 0 Å². The van der Waals surface area contributed by atoms with Crippen LogP contribution in [-0.2, 0) is 6.42 Å². The molecule has 0 saturated heterocycles. The Bertz CT molecular complexity index is 434. The van der Waals surface area contributed by atoms with Gasteiger partial charge >= 0.3 is 0 Å². The van der Waals surface area contributed by atoms with Crippen LogP contribution in [0.5, 0.6) is 0 Å². The molecule has 0 aliphatic heterocycles. The third kappa shape index (κ3) is 4.86. The summed E-state index contributed by atoms with van der Waals surface area (Å²) in [5.41, 5.74) is 5.52. The van der Waals surface area contributed by atoms with Crippen molar-refractivity contribution >= 4 is 0 Å². The molecule has 0 aromatic heterocycles. The lowest BCUT2D eigenvalue weighted by molar-refractivity contribution is 1.13. The maximum absolute atomic E-state index is 2.22. The summed E-state index contributed by atoms with van der Waals surface area (Å²) >= 11 is 0. The van der Waals surface area contributed by atoms with Crippen molar-refractivity contribution in [3.8, 4) is 0 Å². The van der Waals surface area contributed by atoms with Gasteiger partial charge < -0.3 is 0 Å². The molecule has 0 amide bonds. The summed E-state index contributed by atoms with van der Waals surface area (Å²) in [4.78, 5) is 0. The van der Waals surface area contributed by atoms with Gasteiger partial charge in [0.2, 0.25) is 0 Å². The highest BCUT2D eigenvalue weighted by atomic mass is 13.9. The summed E-state index contributed by atoms with van der Waals surface area (Å²) in [6.45, 7) is 8.54. The van der Waals surface area contributed by atoms with E-state index in [-0.39, 0.29) is 0 Å². The smallest absolute Gasteiger partial charge is 0.0307 e. The van der Waals surface area contributed by atoms with Crippen molar-refractivity contribution in [1.82, 2.24) is 0 Å². The molecule has 0 spiro atoms. The Hall–Kier alpha value is -1.56.